The number of likely N-dealkylation sites (tertiary alicyclic amines) is 1. The van der Waals surface area contributed by atoms with Gasteiger partial charge in [0, 0.05) is 44.0 Å². The molecule has 3 N–H and O–H groups in total. The lowest BCUT2D eigenvalue weighted by molar-refractivity contribution is -0.133. The Balaban J connectivity index is 0.895. The van der Waals surface area contributed by atoms with Gasteiger partial charge in [0.25, 0.3) is 0 Å². The van der Waals surface area contributed by atoms with Crippen LogP contribution >= 0.6 is 0 Å². The van der Waals surface area contributed by atoms with E-state index in [0.29, 0.717) is 35.1 Å². The van der Waals surface area contributed by atoms with Gasteiger partial charge in [0.2, 0.25) is 11.8 Å². The first-order valence-corrected chi connectivity index (χ1v) is 21.4. The molecule has 306 valence electrons. The van der Waals surface area contributed by atoms with Crippen molar-refractivity contribution >= 4 is 44.4 Å². The zero-order valence-electron chi connectivity index (χ0n) is 32.6. The van der Waals surface area contributed by atoms with Gasteiger partial charge in [0.05, 0.1) is 22.4 Å². The van der Waals surface area contributed by atoms with Gasteiger partial charge < -0.3 is 15.0 Å². The topological polar surface area (TPSA) is 170 Å². The average molecular weight is 815 g/mol. The van der Waals surface area contributed by atoms with Gasteiger partial charge in [-0.1, -0.05) is 13.0 Å². The maximum Gasteiger partial charge on any atom is 0.301 e. The minimum Gasteiger partial charge on any atom is -0.453 e. The molecule has 2 amide bonds. The summed E-state index contributed by atoms with van der Waals surface area (Å²) in [5.74, 6) is -1.20. The van der Waals surface area contributed by atoms with Crippen LogP contribution in [0.1, 0.15) is 87.4 Å². The van der Waals surface area contributed by atoms with Gasteiger partial charge >= 0.3 is 10.2 Å². The fourth-order valence-electron chi connectivity index (χ4n) is 8.26. The molecule has 1 unspecified atom stereocenters. The number of carbonyl (C=O) groups is 2. The molecule has 2 aliphatic heterocycles. The predicted molar refractivity (Wildman–Crippen MR) is 215 cm³/mol. The van der Waals surface area contributed by atoms with Gasteiger partial charge in [-0.25, -0.2) is 13.8 Å². The number of aryl methyl sites for hydroxylation is 1. The third-order valence-corrected chi connectivity index (χ3v) is 13.3. The monoisotopic (exact) mass is 814 g/mol. The van der Waals surface area contributed by atoms with Crippen molar-refractivity contribution in [3.8, 4) is 17.6 Å². The number of piperidine rings is 2. The average Bonchev–Trinajstić information content (AvgIpc) is 3.22. The van der Waals surface area contributed by atoms with Crippen LogP contribution in [0, 0.1) is 28.9 Å². The largest absolute Gasteiger partial charge is 0.453 e. The SMILES string of the molecule is CCN(C)S(=O)(=O)Nc1ccc(F)c(Oc2ccc3ncc(CCC4CCN(C5CCC(c6ccc(NC7CCC(=O)NC7=O)cc6F)CC5)CC4)nc3c2)c1C#N. The van der Waals surface area contributed by atoms with E-state index in [1.807, 2.05) is 18.2 Å². The molecule has 3 fully saturated rings. The second-order valence-corrected chi connectivity index (χ2v) is 17.2. The van der Waals surface area contributed by atoms with E-state index in [9.17, 15) is 27.7 Å². The summed E-state index contributed by atoms with van der Waals surface area (Å²) in [5, 5.41) is 15.3. The van der Waals surface area contributed by atoms with E-state index in [4.69, 9.17) is 9.72 Å². The molecule has 0 radical (unpaired) electrons. The standard InChI is InChI=1S/C42H48F2N8O5S/c1-3-51(2)58(55,56)50-36-15-13-34(43)41(33(36)24-45)57-31-11-14-37-39(23-31)48-29(25-46-37)7-4-26-18-20-52(21-19-26)30-9-5-27(6-10-30)32-12-8-28(22-35(32)44)47-38-16-17-40(53)49-42(38)54/h8,11-15,22-23,25-27,30,38,47,50H,3-7,9-10,16-21H2,1-2H3,(H,49,53,54). The van der Waals surface area contributed by atoms with Crippen LogP contribution in [-0.2, 0) is 26.2 Å². The van der Waals surface area contributed by atoms with Gasteiger partial charge in [-0.05, 0) is 125 Å². The number of nitriles is 1. The molecule has 13 nitrogen and oxygen atoms in total. The van der Waals surface area contributed by atoms with Crippen LogP contribution in [0.4, 0.5) is 20.2 Å². The highest BCUT2D eigenvalue weighted by Crippen LogP contribution is 2.39. The quantitative estimate of drug-likeness (QED) is 0.123. The summed E-state index contributed by atoms with van der Waals surface area (Å²) in [4.78, 5) is 35.6. The van der Waals surface area contributed by atoms with Crippen LogP contribution in [0.3, 0.4) is 0 Å². The molecule has 58 heavy (non-hydrogen) atoms. The maximum atomic E-state index is 15.3. The van der Waals surface area contributed by atoms with E-state index in [0.717, 1.165) is 86.1 Å². The molecular formula is C42H48F2N8O5S. The van der Waals surface area contributed by atoms with Crippen LogP contribution in [0.15, 0.2) is 54.7 Å². The van der Waals surface area contributed by atoms with Crippen molar-refractivity contribution in [2.75, 3.05) is 36.7 Å². The minimum absolute atomic E-state index is 0.0979. The molecule has 1 aromatic heterocycles. The Morgan fingerprint density at radius 3 is 2.47 bits per heavy atom. The highest BCUT2D eigenvalue weighted by molar-refractivity contribution is 7.90. The smallest absolute Gasteiger partial charge is 0.301 e. The number of fused-ring (bicyclic) bond motifs is 1. The number of hydrogen-bond donors (Lipinski definition) is 3. The summed E-state index contributed by atoms with van der Waals surface area (Å²) in [7, 11) is -2.58. The van der Waals surface area contributed by atoms with E-state index in [-0.39, 0.29) is 53.5 Å². The van der Waals surface area contributed by atoms with Gasteiger partial charge in [-0.2, -0.15) is 18.0 Å². The summed E-state index contributed by atoms with van der Waals surface area (Å²) in [5.41, 5.74) is 2.90. The number of aromatic nitrogens is 2. The number of ether oxygens (including phenoxy) is 1. The number of imide groups is 1. The van der Waals surface area contributed by atoms with Crippen molar-refractivity contribution in [1.29, 1.82) is 5.26 Å². The summed E-state index contributed by atoms with van der Waals surface area (Å²) in [6.45, 7) is 3.92. The number of hydrogen-bond acceptors (Lipinski definition) is 10. The third-order valence-electron chi connectivity index (χ3n) is 11.8. The van der Waals surface area contributed by atoms with Crippen molar-refractivity contribution in [3.05, 3.63) is 83.2 Å². The fourth-order valence-corrected chi connectivity index (χ4v) is 9.21. The van der Waals surface area contributed by atoms with Gasteiger partial charge in [0.1, 0.15) is 29.2 Å². The fraction of sp³-hybridized carbons (Fsp3) is 0.452. The van der Waals surface area contributed by atoms with E-state index in [1.54, 1.807) is 31.3 Å². The van der Waals surface area contributed by atoms with Crippen molar-refractivity contribution in [3.63, 3.8) is 0 Å². The molecule has 4 aromatic rings. The molecule has 3 aromatic carbocycles. The van der Waals surface area contributed by atoms with E-state index in [2.05, 4.69) is 25.2 Å². The second kappa shape index (κ2) is 17.7. The molecule has 1 atom stereocenters. The van der Waals surface area contributed by atoms with Crippen molar-refractivity contribution in [1.82, 2.24) is 24.5 Å². The number of carbonyl (C=O) groups excluding carboxylic acids is 2. The number of halogens is 2. The molecule has 0 spiro atoms. The Morgan fingerprint density at radius 2 is 1.76 bits per heavy atom. The van der Waals surface area contributed by atoms with Crippen LogP contribution in [0.5, 0.6) is 11.5 Å². The minimum atomic E-state index is -3.96. The number of benzene rings is 3. The molecule has 1 saturated carbocycles. The van der Waals surface area contributed by atoms with Crippen molar-refractivity contribution in [2.45, 2.75) is 89.1 Å². The lowest BCUT2D eigenvalue weighted by atomic mass is 9.80. The van der Waals surface area contributed by atoms with Crippen LogP contribution in [0.25, 0.3) is 11.0 Å². The normalized spacial score (nSPS) is 20.8. The lowest BCUT2D eigenvalue weighted by Crippen LogP contribution is -2.47. The first-order valence-electron chi connectivity index (χ1n) is 19.9. The number of nitrogens with one attached hydrogen (secondary N) is 3. The molecule has 1 aliphatic carbocycles. The highest BCUT2D eigenvalue weighted by atomic mass is 32.2. The first-order chi connectivity index (χ1) is 27.9. The zero-order valence-corrected chi connectivity index (χ0v) is 33.5. The predicted octanol–water partition coefficient (Wildman–Crippen LogP) is 6.77. The van der Waals surface area contributed by atoms with E-state index < -0.39 is 27.8 Å². The Morgan fingerprint density at radius 1 is 0.983 bits per heavy atom. The number of amides is 2. The molecular weight excluding hydrogens is 767 g/mol. The number of anilines is 2. The summed E-state index contributed by atoms with van der Waals surface area (Å²) in [6.07, 6.45) is 10.2. The Hall–Kier alpha value is -5.24. The summed E-state index contributed by atoms with van der Waals surface area (Å²) in [6, 6.07) is 14.1. The van der Waals surface area contributed by atoms with E-state index >= 15 is 4.39 Å². The number of nitrogens with zero attached hydrogens (tertiary/aromatic N) is 5. The van der Waals surface area contributed by atoms with Gasteiger partial charge in [-0.15, -0.1) is 0 Å². The van der Waals surface area contributed by atoms with Crippen LogP contribution in [-0.4, -0.2) is 78.2 Å². The Bertz CT molecular complexity index is 2320. The van der Waals surface area contributed by atoms with Crippen molar-refractivity contribution < 1.29 is 31.5 Å². The first kappa shape index (κ1) is 40.9. The number of rotatable bonds is 13. The lowest BCUT2D eigenvalue weighted by Gasteiger charge is -2.41. The van der Waals surface area contributed by atoms with Crippen molar-refractivity contribution in [2.24, 2.45) is 5.92 Å². The summed E-state index contributed by atoms with van der Waals surface area (Å²) < 4.78 is 64.7. The molecule has 2 saturated heterocycles. The highest BCUT2D eigenvalue weighted by Gasteiger charge is 2.31. The Kier molecular flexibility index (Phi) is 12.5. The maximum absolute atomic E-state index is 15.3. The molecule has 3 heterocycles. The van der Waals surface area contributed by atoms with Gasteiger partial charge in [0.15, 0.2) is 11.6 Å². The zero-order chi connectivity index (χ0) is 41.0. The summed E-state index contributed by atoms with van der Waals surface area (Å²) >= 11 is 0. The molecule has 7 rings (SSSR count). The Labute approximate surface area is 337 Å². The van der Waals surface area contributed by atoms with Crippen LogP contribution in [0.2, 0.25) is 0 Å². The molecule has 16 heteroatoms. The third kappa shape index (κ3) is 9.38. The van der Waals surface area contributed by atoms with E-state index in [1.165, 1.54) is 19.2 Å². The van der Waals surface area contributed by atoms with Crippen LogP contribution < -0.4 is 20.1 Å². The van der Waals surface area contributed by atoms with Gasteiger partial charge in [-0.3, -0.25) is 24.6 Å². The molecule has 3 aliphatic rings. The second-order valence-electron chi connectivity index (χ2n) is 15.5. The molecule has 0 bridgehead atoms.